The Hall–Kier alpha value is -2.64. The predicted molar refractivity (Wildman–Crippen MR) is 71.6 cm³/mol. The summed E-state index contributed by atoms with van der Waals surface area (Å²) in [5, 5.41) is 16.2. The van der Waals surface area contributed by atoms with Gasteiger partial charge in [-0.05, 0) is 6.07 Å². The SMILES string of the molecule is CNc1ccc([N+](=O)[O-])cc1C(=O)N1CCNC(=O)C1. The Morgan fingerprint density at radius 2 is 2.25 bits per heavy atom. The molecule has 0 bridgehead atoms. The van der Waals surface area contributed by atoms with Crippen LogP contribution in [0, 0.1) is 10.1 Å². The summed E-state index contributed by atoms with van der Waals surface area (Å²) >= 11 is 0. The maximum atomic E-state index is 12.4. The number of hydrogen-bond donors (Lipinski definition) is 2. The maximum absolute atomic E-state index is 12.4. The van der Waals surface area contributed by atoms with Crippen LogP contribution in [-0.4, -0.2) is 48.3 Å². The summed E-state index contributed by atoms with van der Waals surface area (Å²) in [5.74, 6) is -0.631. The summed E-state index contributed by atoms with van der Waals surface area (Å²) in [6.07, 6.45) is 0. The number of benzene rings is 1. The second kappa shape index (κ2) is 5.55. The Kier molecular flexibility index (Phi) is 3.83. The molecule has 0 atom stereocenters. The van der Waals surface area contributed by atoms with Crippen LogP contribution in [0.3, 0.4) is 0 Å². The summed E-state index contributed by atoms with van der Waals surface area (Å²) in [5.41, 5.74) is 0.525. The molecule has 1 aliphatic heterocycles. The first-order valence-electron chi connectivity index (χ1n) is 6.05. The lowest BCUT2D eigenvalue weighted by Gasteiger charge is -2.27. The monoisotopic (exact) mass is 278 g/mol. The number of nitrogens with zero attached hydrogens (tertiary/aromatic N) is 2. The largest absolute Gasteiger partial charge is 0.387 e. The highest BCUT2D eigenvalue weighted by atomic mass is 16.6. The molecule has 20 heavy (non-hydrogen) atoms. The highest BCUT2D eigenvalue weighted by Gasteiger charge is 2.25. The fourth-order valence-electron chi connectivity index (χ4n) is 2.02. The number of nitro benzene ring substituents is 1. The zero-order chi connectivity index (χ0) is 14.7. The summed E-state index contributed by atoms with van der Waals surface area (Å²) < 4.78 is 0. The number of nitro groups is 1. The first-order valence-corrected chi connectivity index (χ1v) is 6.05. The van der Waals surface area contributed by atoms with Gasteiger partial charge in [-0.15, -0.1) is 0 Å². The molecule has 0 spiro atoms. The van der Waals surface area contributed by atoms with Crippen molar-refractivity contribution in [3.05, 3.63) is 33.9 Å². The highest BCUT2D eigenvalue weighted by Crippen LogP contribution is 2.23. The van der Waals surface area contributed by atoms with E-state index in [0.717, 1.165) is 0 Å². The van der Waals surface area contributed by atoms with Gasteiger partial charge in [-0.2, -0.15) is 0 Å². The van der Waals surface area contributed by atoms with Crippen LogP contribution in [0.5, 0.6) is 0 Å². The lowest BCUT2D eigenvalue weighted by Crippen LogP contribution is -2.50. The lowest BCUT2D eigenvalue weighted by molar-refractivity contribution is -0.384. The molecule has 2 rings (SSSR count). The van der Waals surface area contributed by atoms with Gasteiger partial charge in [0.25, 0.3) is 11.6 Å². The van der Waals surface area contributed by atoms with E-state index in [2.05, 4.69) is 10.6 Å². The zero-order valence-corrected chi connectivity index (χ0v) is 10.9. The Bertz CT molecular complexity index is 573. The Labute approximate surface area is 114 Å². The van der Waals surface area contributed by atoms with Gasteiger partial charge in [0, 0.05) is 38.0 Å². The third-order valence-corrected chi connectivity index (χ3v) is 3.04. The van der Waals surface area contributed by atoms with Crippen LogP contribution >= 0.6 is 0 Å². The number of rotatable bonds is 3. The molecule has 0 aromatic heterocycles. The van der Waals surface area contributed by atoms with Gasteiger partial charge in [0.15, 0.2) is 0 Å². The third kappa shape index (κ3) is 2.68. The van der Waals surface area contributed by atoms with Crippen LogP contribution in [0.1, 0.15) is 10.4 Å². The average Bonchev–Trinajstić information content (AvgIpc) is 2.45. The number of hydrogen-bond acceptors (Lipinski definition) is 5. The number of non-ortho nitro benzene ring substituents is 1. The van der Waals surface area contributed by atoms with Gasteiger partial charge in [0.1, 0.15) is 0 Å². The molecule has 0 unspecified atom stereocenters. The normalized spacial score (nSPS) is 14.7. The van der Waals surface area contributed by atoms with Gasteiger partial charge in [-0.25, -0.2) is 0 Å². The second-order valence-corrected chi connectivity index (χ2v) is 4.31. The number of carbonyl (C=O) groups is 2. The van der Waals surface area contributed by atoms with Crippen molar-refractivity contribution in [1.29, 1.82) is 0 Å². The zero-order valence-electron chi connectivity index (χ0n) is 10.9. The summed E-state index contributed by atoms with van der Waals surface area (Å²) in [4.78, 5) is 35.3. The molecule has 8 nitrogen and oxygen atoms in total. The summed E-state index contributed by atoms with van der Waals surface area (Å²) in [6.45, 7) is 0.732. The first kappa shape index (κ1) is 13.8. The molecule has 106 valence electrons. The molecular formula is C12H14N4O4. The highest BCUT2D eigenvalue weighted by molar-refractivity contribution is 6.02. The van der Waals surface area contributed by atoms with E-state index >= 15 is 0 Å². The van der Waals surface area contributed by atoms with E-state index in [1.165, 1.54) is 23.1 Å². The van der Waals surface area contributed by atoms with Gasteiger partial charge in [-0.1, -0.05) is 0 Å². The van der Waals surface area contributed by atoms with E-state index in [1.54, 1.807) is 7.05 Å². The molecule has 1 aromatic rings. The Morgan fingerprint density at radius 1 is 1.50 bits per heavy atom. The average molecular weight is 278 g/mol. The number of anilines is 1. The van der Waals surface area contributed by atoms with Crippen molar-refractivity contribution in [2.75, 3.05) is 32.0 Å². The maximum Gasteiger partial charge on any atom is 0.270 e. The van der Waals surface area contributed by atoms with Crippen molar-refractivity contribution in [2.45, 2.75) is 0 Å². The second-order valence-electron chi connectivity index (χ2n) is 4.31. The van der Waals surface area contributed by atoms with Gasteiger partial charge in [-0.3, -0.25) is 19.7 Å². The van der Waals surface area contributed by atoms with Crippen LogP contribution in [0.15, 0.2) is 18.2 Å². The molecule has 2 N–H and O–H groups in total. The molecule has 1 aromatic carbocycles. The molecule has 8 heteroatoms. The van der Waals surface area contributed by atoms with E-state index in [9.17, 15) is 19.7 Å². The van der Waals surface area contributed by atoms with Crippen molar-refractivity contribution < 1.29 is 14.5 Å². The van der Waals surface area contributed by atoms with E-state index < -0.39 is 10.8 Å². The number of piperazine rings is 1. The van der Waals surface area contributed by atoms with Crippen molar-refractivity contribution in [1.82, 2.24) is 10.2 Å². The van der Waals surface area contributed by atoms with Crippen LogP contribution in [0.25, 0.3) is 0 Å². The summed E-state index contributed by atoms with van der Waals surface area (Å²) in [7, 11) is 1.63. The van der Waals surface area contributed by atoms with Crippen LogP contribution < -0.4 is 10.6 Å². The smallest absolute Gasteiger partial charge is 0.270 e. The first-order chi connectivity index (χ1) is 9.52. The van der Waals surface area contributed by atoms with E-state index in [4.69, 9.17) is 0 Å². The lowest BCUT2D eigenvalue weighted by atomic mass is 10.1. The molecule has 0 aliphatic carbocycles. The van der Waals surface area contributed by atoms with Gasteiger partial charge >= 0.3 is 0 Å². The van der Waals surface area contributed by atoms with Crippen molar-refractivity contribution in [2.24, 2.45) is 0 Å². The van der Waals surface area contributed by atoms with Gasteiger partial charge in [0.05, 0.1) is 17.0 Å². The third-order valence-electron chi connectivity index (χ3n) is 3.04. The van der Waals surface area contributed by atoms with E-state index in [1.807, 2.05) is 0 Å². The van der Waals surface area contributed by atoms with Crippen molar-refractivity contribution >= 4 is 23.2 Å². The fraction of sp³-hybridized carbons (Fsp3) is 0.333. The minimum Gasteiger partial charge on any atom is -0.387 e. The van der Waals surface area contributed by atoms with Gasteiger partial charge in [0.2, 0.25) is 5.91 Å². The summed E-state index contributed by atoms with van der Waals surface area (Å²) in [6, 6.07) is 4.03. The Morgan fingerprint density at radius 3 is 2.85 bits per heavy atom. The van der Waals surface area contributed by atoms with Crippen LogP contribution in [0.4, 0.5) is 11.4 Å². The minimum atomic E-state index is -0.556. The van der Waals surface area contributed by atoms with Crippen molar-refractivity contribution in [3.8, 4) is 0 Å². The molecule has 1 aliphatic rings. The van der Waals surface area contributed by atoms with Gasteiger partial charge < -0.3 is 15.5 Å². The molecule has 1 heterocycles. The molecule has 0 radical (unpaired) electrons. The number of carbonyl (C=O) groups excluding carboxylic acids is 2. The standard InChI is InChI=1S/C12H14N4O4/c1-13-10-3-2-8(16(19)20)6-9(10)12(18)15-5-4-14-11(17)7-15/h2-3,6,13H,4-5,7H2,1H3,(H,14,17). The number of nitrogens with one attached hydrogen (secondary N) is 2. The molecule has 0 saturated carbocycles. The van der Waals surface area contributed by atoms with Crippen molar-refractivity contribution in [3.63, 3.8) is 0 Å². The minimum absolute atomic E-state index is 0.0370. The number of amides is 2. The Balaban J connectivity index is 2.34. The van der Waals surface area contributed by atoms with E-state index in [-0.39, 0.29) is 23.7 Å². The molecule has 2 amide bonds. The van der Waals surface area contributed by atoms with E-state index in [0.29, 0.717) is 18.8 Å². The topological polar surface area (TPSA) is 105 Å². The quantitative estimate of drug-likeness (QED) is 0.607. The fourth-order valence-corrected chi connectivity index (χ4v) is 2.02. The molecular weight excluding hydrogens is 264 g/mol. The molecule has 1 saturated heterocycles. The predicted octanol–water partition coefficient (Wildman–Crippen LogP) is 0.208. The molecule has 1 fully saturated rings. The van der Waals surface area contributed by atoms with Crippen LogP contribution in [0.2, 0.25) is 0 Å². The van der Waals surface area contributed by atoms with Crippen LogP contribution in [-0.2, 0) is 4.79 Å².